The Balaban J connectivity index is 1.72. The lowest BCUT2D eigenvalue weighted by Gasteiger charge is -2.26. The van der Waals surface area contributed by atoms with Gasteiger partial charge < -0.3 is 10.1 Å². The van der Waals surface area contributed by atoms with E-state index in [0.29, 0.717) is 18.8 Å². The van der Waals surface area contributed by atoms with E-state index in [1.165, 1.54) is 29.4 Å². The lowest BCUT2D eigenvalue weighted by atomic mass is 10.2. The lowest BCUT2D eigenvalue weighted by Crippen LogP contribution is -2.36. The standard InChI is InChI=1S/C22H25ClN2O5S/c1-15-6-9-18(10-7-15)24-21(26)16(2)30-22(27)17-8-11-19(23)20(14-17)31(28,29)25-12-4-3-5-13-25/h6-11,14,16H,3-5,12-13H2,1-2H3,(H,24,26). The monoisotopic (exact) mass is 464 g/mol. The minimum absolute atomic E-state index is 0.00923. The van der Waals surface area contributed by atoms with Crippen LogP contribution in [0.4, 0.5) is 5.69 Å². The zero-order chi connectivity index (χ0) is 22.6. The van der Waals surface area contributed by atoms with Gasteiger partial charge in [-0.25, -0.2) is 13.2 Å². The van der Waals surface area contributed by atoms with Gasteiger partial charge >= 0.3 is 5.97 Å². The van der Waals surface area contributed by atoms with E-state index < -0.39 is 28.0 Å². The van der Waals surface area contributed by atoms with Crippen LogP contribution in [0.15, 0.2) is 47.4 Å². The summed E-state index contributed by atoms with van der Waals surface area (Å²) >= 11 is 6.14. The molecule has 1 heterocycles. The molecule has 3 rings (SSSR count). The predicted octanol–water partition coefficient (Wildman–Crippen LogP) is 4.01. The number of piperidine rings is 1. The van der Waals surface area contributed by atoms with Crippen molar-refractivity contribution < 1.29 is 22.7 Å². The molecule has 166 valence electrons. The number of carbonyl (C=O) groups excluding carboxylic acids is 2. The van der Waals surface area contributed by atoms with E-state index >= 15 is 0 Å². The number of carbonyl (C=O) groups is 2. The second-order valence-electron chi connectivity index (χ2n) is 7.51. The smallest absolute Gasteiger partial charge is 0.338 e. The van der Waals surface area contributed by atoms with Crippen molar-refractivity contribution in [1.29, 1.82) is 0 Å². The summed E-state index contributed by atoms with van der Waals surface area (Å²) in [7, 11) is -3.82. The molecule has 7 nitrogen and oxygen atoms in total. The molecule has 2 aromatic rings. The van der Waals surface area contributed by atoms with Gasteiger partial charge in [-0.2, -0.15) is 4.31 Å². The number of benzene rings is 2. The van der Waals surface area contributed by atoms with E-state index in [2.05, 4.69) is 5.32 Å². The van der Waals surface area contributed by atoms with Gasteiger partial charge in [0, 0.05) is 18.8 Å². The number of sulfonamides is 1. The molecule has 0 aliphatic carbocycles. The number of amides is 1. The van der Waals surface area contributed by atoms with Crippen molar-refractivity contribution in [2.75, 3.05) is 18.4 Å². The third kappa shape index (κ3) is 5.64. The Morgan fingerprint density at radius 2 is 1.71 bits per heavy atom. The van der Waals surface area contributed by atoms with Crippen molar-refractivity contribution in [3.8, 4) is 0 Å². The fourth-order valence-electron chi connectivity index (χ4n) is 3.24. The highest BCUT2D eigenvalue weighted by Crippen LogP contribution is 2.28. The van der Waals surface area contributed by atoms with Crippen LogP contribution in [-0.2, 0) is 19.6 Å². The van der Waals surface area contributed by atoms with Crippen molar-refractivity contribution >= 4 is 39.2 Å². The van der Waals surface area contributed by atoms with E-state index in [4.69, 9.17) is 16.3 Å². The molecule has 1 atom stereocenters. The van der Waals surface area contributed by atoms with Crippen LogP contribution in [-0.4, -0.2) is 43.8 Å². The van der Waals surface area contributed by atoms with Gasteiger partial charge in [-0.3, -0.25) is 4.79 Å². The van der Waals surface area contributed by atoms with E-state index in [-0.39, 0.29) is 15.5 Å². The second-order valence-corrected chi connectivity index (χ2v) is 9.83. The number of esters is 1. The van der Waals surface area contributed by atoms with Gasteiger partial charge in [0.25, 0.3) is 5.91 Å². The van der Waals surface area contributed by atoms with E-state index in [1.54, 1.807) is 12.1 Å². The first-order chi connectivity index (χ1) is 14.7. The highest BCUT2D eigenvalue weighted by atomic mass is 35.5. The molecule has 9 heteroatoms. The predicted molar refractivity (Wildman–Crippen MR) is 119 cm³/mol. The molecule has 1 amide bonds. The van der Waals surface area contributed by atoms with E-state index in [1.807, 2.05) is 19.1 Å². The Bertz CT molecular complexity index is 1060. The summed E-state index contributed by atoms with van der Waals surface area (Å²) in [5.74, 6) is -1.30. The highest BCUT2D eigenvalue weighted by Gasteiger charge is 2.29. The molecule has 0 spiro atoms. The Morgan fingerprint density at radius 3 is 2.35 bits per heavy atom. The third-order valence-electron chi connectivity index (χ3n) is 5.07. The summed E-state index contributed by atoms with van der Waals surface area (Å²) in [6.45, 7) is 4.22. The van der Waals surface area contributed by atoms with Gasteiger partial charge in [0.15, 0.2) is 6.10 Å². The van der Waals surface area contributed by atoms with Crippen LogP contribution in [0.5, 0.6) is 0 Å². The van der Waals surface area contributed by atoms with Gasteiger partial charge in [0.1, 0.15) is 4.90 Å². The molecule has 31 heavy (non-hydrogen) atoms. The van der Waals surface area contributed by atoms with Crippen LogP contribution in [0, 0.1) is 6.92 Å². The molecule has 2 aromatic carbocycles. The van der Waals surface area contributed by atoms with Crippen molar-refractivity contribution in [3.05, 3.63) is 58.6 Å². The normalized spacial score (nSPS) is 15.8. The molecule has 0 radical (unpaired) electrons. The van der Waals surface area contributed by atoms with Crippen LogP contribution in [0.25, 0.3) is 0 Å². The minimum atomic E-state index is -3.82. The summed E-state index contributed by atoms with van der Waals surface area (Å²) in [4.78, 5) is 24.8. The first-order valence-electron chi connectivity index (χ1n) is 10.1. The van der Waals surface area contributed by atoms with E-state index in [0.717, 1.165) is 24.8 Å². The number of nitrogens with one attached hydrogen (secondary N) is 1. The fourth-order valence-corrected chi connectivity index (χ4v) is 5.25. The average molecular weight is 465 g/mol. The van der Waals surface area contributed by atoms with Gasteiger partial charge in [-0.15, -0.1) is 0 Å². The summed E-state index contributed by atoms with van der Waals surface area (Å²) < 4.78 is 32.6. The lowest BCUT2D eigenvalue weighted by molar-refractivity contribution is -0.123. The molecule has 1 unspecified atom stereocenters. The van der Waals surface area contributed by atoms with Crippen LogP contribution in [0.1, 0.15) is 42.1 Å². The van der Waals surface area contributed by atoms with Gasteiger partial charge in [-0.05, 0) is 57.0 Å². The summed E-state index contributed by atoms with van der Waals surface area (Å²) in [5.41, 5.74) is 1.64. The maximum atomic E-state index is 13.0. The number of rotatable bonds is 6. The molecule has 1 saturated heterocycles. The number of nitrogens with zero attached hydrogens (tertiary/aromatic N) is 1. The molecular formula is C22H25ClN2O5S. The largest absolute Gasteiger partial charge is 0.449 e. The number of aryl methyl sites for hydroxylation is 1. The highest BCUT2D eigenvalue weighted by molar-refractivity contribution is 7.89. The van der Waals surface area contributed by atoms with Gasteiger partial charge in [0.05, 0.1) is 10.6 Å². The maximum absolute atomic E-state index is 13.0. The first kappa shape index (κ1) is 23.2. The topological polar surface area (TPSA) is 92.8 Å². The molecule has 0 aromatic heterocycles. The number of anilines is 1. The Labute approximate surface area is 187 Å². The van der Waals surface area contributed by atoms with Gasteiger partial charge in [0.2, 0.25) is 10.0 Å². The quantitative estimate of drug-likeness (QED) is 0.652. The third-order valence-corrected chi connectivity index (χ3v) is 7.45. The number of hydrogen-bond acceptors (Lipinski definition) is 5. The van der Waals surface area contributed by atoms with Crippen LogP contribution in [0.2, 0.25) is 5.02 Å². The Kier molecular flexibility index (Phi) is 7.35. The summed E-state index contributed by atoms with van der Waals surface area (Å²) in [6, 6.07) is 11.1. The average Bonchev–Trinajstić information content (AvgIpc) is 2.76. The summed E-state index contributed by atoms with van der Waals surface area (Å²) in [5, 5.41) is 2.71. The molecule has 1 aliphatic rings. The number of ether oxygens (including phenoxy) is 1. The van der Waals surface area contributed by atoms with Crippen LogP contribution >= 0.6 is 11.6 Å². The minimum Gasteiger partial charge on any atom is -0.449 e. The number of hydrogen-bond donors (Lipinski definition) is 1. The van der Waals surface area contributed by atoms with Gasteiger partial charge in [-0.1, -0.05) is 35.7 Å². The molecule has 1 aliphatic heterocycles. The SMILES string of the molecule is Cc1ccc(NC(=O)C(C)OC(=O)c2ccc(Cl)c(S(=O)(=O)N3CCCCC3)c2)cc1. The molecule has 1 N–H and O–H groups in total. The van der Waals surface area contributed by atoms with Crippen LogP contribution in [0.3, 0.4) is 0 Å². The molecular weight excluding hydrogens is 440 g/mol. The molecule has 0 saturated carbocycles. The zero-order valence-corrected chi connectivity index (χ0v) is 19.0. The molecule has 0 bridgehead atoms. The van der Waals surface area contributed by atoms with Crippen LogP contribution < -0.4 is 5.32 Å². The van der Waals surface area contributed by atoms with Crippen molar-refractivity contribution in [3.63, 3.8) is 0 Å². The Hall–Kier alpha value is -2.42. The first-order valence-corrected chi connectivity index (χ1v) is 11.9. The maximum Gasteiger partial charge on any atom is 0.338 e. The summed E-state index contributed by atoms with van der Waals surface area (Å²) in [6.07, 6.45) is 1.47. The zero-order valence-electron chi connectivity index (χ0n) is 17.4. The second kappa shape index (κ2) is 9.80. The molecule has 1 fully saturated rings. The fraction of sp³-hybridized carbons (Fsp3) is 0.364. The Morgan fingerprint density at radius 1 is 1.06 bits per heavy atom. The van der Waals surface area contributed by atoms with Crippen molar-refractivity contribution in [2.24, 2.45) is 0 Å². The number of halogens is 1. The van der Waals surface area contributed by atoms with Crippen molar-refractivity contribution in [1.82, 2.24) is 4.31 Å². The van der Waals surface area contributed by atoms with Crippen molar-refractivity contribution in [2.45, 2.75) is 44.1 Å². The van der Waals surface area contributed by atoms with E-state index in [9.17, 15) is 18.0 Å².